The van der Waals surface area contributed by atoms with E-state index < -0.39 is 23.6 Å². The maximum atomic E-state index is 13.3. The highest BCUT2D eigenvalue weighted by Crippen LogP contribution is 2.40. The Kier molecular flexibility index (Phi) is 4.34. The number of alkyl halides is 3. The zero-order valence-corrected chi connectivity index (χ0v) is 13.6. The molecule has 0 spiro atoms. The number of halogens is 5. The van der Waals surface area contributed by atoms with E-state index in [1.165, 1.54) is 29.0 Å². The highest BCUT2D eigenvalue weighted by atomic mass is 35.5. The Morgan fingerprint density at radius 2 is 1.92 bits per heavy atom. The third kappa shape index (κ3) is 3.14. The van der Waals surface area contributed by atoms with Gasteiger partial charge in [0.25, 0.3) is 0 Å². The molecule has 1 unspecified atom stereocenters. The molecule has 130 valence electrons. The minimum atomic E-state index is -4.96. The molecule has 0 saturated carbocycles. The van der Waals surface area contributed by atoms with Crippen molar-refractivity contribution >= 4 is 40.1 Å². The van der Waals surface area contributed by atoms with Gasteiger partial charge in [0.15, 0.2) is 11.7 Å². The third-order valence-corrected chi connectivity index (χ3v) is 4.00. The van der Waals surface area contributed by atoms with Gasteiger partial charge < -0.3 is 5.11 Å². The average molecular weight is 390 g/mol. The minimum Gasteiger partial charge on any atom is -0.481 e. The van der Waals surface area contributed by atoms with Gasteiger partial charge in [-0.3, -0.25) is 9.36 Å². The predicted molar refractivity (Wildman–Crippen MR) is 85.3 cm³/mol. The molecule has 0 aliphatic carbocycles. The van der Waals surface area contributed by atoms with Crippen molar-refractivity contribution in [3.05, 3.63) is 52.5 Å². The molecule has 1 aromatic carbocycles. The fourth-order valence-electron chi connectivity index (χ4n) is 2.57. The van der Waals surface area contributed by atoms with Gasteiger partial charge in [-0.2, -0.15) is 18.2 Å². The highest BCUT2D eigenvalue weighted by Gasteiger charge is 2.47. The van der Waals surface area contributed by atoms with E-state index in [9.17, 15) is 18.0 Å². The number of hydrogen-bond donors (Lipinski definition) is 1. The van der Waals surface area contributed by atoms with E-state index in [0.717, 1.165) is 6.20 Å². The van der Waals surface area contributed by atoms with Crippen LogP contribution in [0.3, 0.4) is 0 Å². The molecule has 2 heterocycles. The van der Waals surface area contributed by atoms with Crippen molar-refractivity contribution < 1.29 is 23.1 Å². The molecule has 3 aromatic rings. The quantitative estimate of drug-likeness (QED) is 0.671. The van der Waals surface area contributed by atoms with Crippen molar-refractivity contribution in [2.45, 2.75) is 12.1 Å². The molecule has 0 bridgehead atoms. The first-order chi connectivity index (χ1) is 11.7. The van der Waals surface area contributed by atoms with Crippen LogP contribution >= 0.6 is 23.2 Å². The van der Waals surface area contributed by atoms with Gasteiger partial charge in [0.05, 0.1) is 11.7 Å². The van der Waals surface area contributed by atoms with Crippen molar-refractivity contribution in [2.75, 3.05) is 0 Å². The summed E-state index contributed by atoms with van der Waals surface area (Å²) in [5, 5.41) is 9.12. The van der Waals surface area contributed by atoms with Crippen LogP contribution in [0.5, 0.6) is 0 Å². The van der Waals surface area contributed by atoms with E-state index in [4.69, 9.17) is 28.3 Å². The number of carboxylic acid groups (broad SMARTS) is 1. The van der Waals surface area contributed by atoms with Gasteiger partial charge >= 0.3 is 12.1 Å². The average Bonchev–Trinajstić information content (AvgIpc) is 2.87. The number of rotatable bonds is 3. The number of carbonyl (C=O) groups is 1. The van der Waals surface area contributed by atoms with Gasteiger partial charge in [0.1, 0.15) is 5.02 Å². The van der Waals surface area contributed by atoms with Crippen LogP contribution < -0.4 is 0 Å². The monoisotopic (exact) mass is 389 g/mol. The maximum Gasteiger partial charge on any atom is 0.406 e. The molecular formula is C15H8Cl2F3N3O2. The molecule has 0 aliphatic heterocycles. The van der Waals surface area contributed by atoms with Crippen LogP contribution in [0.15, 0.2) is 36.7 Å². The summed E-state index contributed by atoms with van der Waals surface area (Å²) in [6.07, 6.45) is -2.70. The number of hydrogen-bond acceptors (Lipinski definition) is 3. The minimum absolute atomic E-state index is 0.0513. The van der Waals surface area contributed by atoms with Crippen LogP contribution in [0.2, 0.25) is 10.3 Å². The molecule has 1 atom stereocenters. The molecule has 25 heavy (non-hydrogen) atoms. The Labute approximate surface area is 148 Å². The van der Waals surface area contributed by atoms with Crippen LogP contribution in [0, 0.1) is 0 Å². The SMILES string of the molecule is O=C(O)C(c1cn(-c2nc(Cl)ncc2Cl)c2ccccc12)C(F)(F)F. The van der Waals surface area contributed by atoms with E-state index in [-0.39, 0.29) is 21.5 Å². The first-order valence-corrected chi connectivity index (χ1v) is 7.53. The highest BCUT2D eigenvalue weighted by molar-refractivity contribution is 6.33. The number of fused-ring (bicyclic) bond motifs is 1. The van der Waals surface area contributed by atoms with E-state index in [1.54, 1.807) is 6.07 Å². The van der Waals surface area contributed by atoms with Gasteiger partial charge in [-0.05, 0) is 17.7 Å². The van der Waals surface area contributed by atoms with Crippen LogP contribution in [0.1, 0.15) is 11.5 Å². The third-order valence-electron chi connectivity index (χ3n) is 3.55. The molecule has 5 nitrogen and oxygen atoms in total. The van der Waals surface area contributed by atoms with Crippen LogP contribution in [-0.4, -0.2) is 31.8 Å². The first kappa shape index (κ1) is 17.5. The lowest BCUT2D eigenvalue weighted by Crippen LogP contribution is -2.28. The molecule has 0 amide bonds. The molecule has 1 N–H and O–H groups in total. The second-order valence-corrected chi connectivity index (χ2v) is 5.84. The Bertz CT molecular complexity index is 972. The number of nitrogens with zero attached hydrogens (tertiary/aromatic N) is 3. The lowest BCUT2D eigenvalue weighted by Gasteiger charge is -2.15. The molecule has 2 aromatic heterocycles. The Balaban J connectivity index is 2.34. The van der Waals surface area contributed by atoms with E-state index >= 15 is 0 Å². The number of aromatic nitrogens is 3. The zero-order chi connectivity index (χ0) is 18.4. The normalized spacial score (nSPS) is 13.2. The smallest absolute Gasteiger partial charge is 0.406 e. The van der Waals surface area contributed by atoms with E-state index in [0.29, 0.717) is 5.52 Å². The lowest BCUT2D eigenvalue weighted by atomic mass is 9.98. The van der Waals surface area contributed by atoms with Gasteiger partial charge in [0, 0.05) is 17.1 Å². The largest absolute Gasteiger partial charge is 0.481 e. The summed E-state index contributed by atoms with van der Waals surface area (Å²) in [7, 11) is 0. The maximum absolute atomic E-state index is 13.3. The molecule has 10 heteroatoms. The van der Waals surface area contributed by atoms with Crippen LogP contribution in [-0.2, 0) is 4.79 Å². The summed E-state index contributed by atoms with van der Waals surface area (Å²) in [6.45, 7) is 0. The predicted octanol–water partition coefficient (Wildman–Crippen LogP) is 4.46. The van der Waals surface area contributed by atoms with Crippen LogP contribution in [0.25, 0.3) is 16.7 Å². The zero-order valence-electron chi connectivity index (χ0n) is 12.1. The standard InChI is InChI=1S/C15H8Cl2F3N3O2/c16-9-5-21-14(17)22-12(9)23-6-8(7-3-1-2-4-10(7)23)11(13(24)25)15(18,19)20/h1-6,11H,(H,24,25). The Morgan fingerprint density at radius 3 is 2.56 bits per heavy atom. The van der Waals surface area contributed by atoms with Crippen molar-refractivity contribution in [2.24, 2.45) is 0 Å². The van der Waals surface area contributed by atoms with E-state index in [2.05, 4.69) is 9.97 Å². The van der Waals surface area contributed by atoms with E-state index in [1.807, 2.05) is 0 Å². The number of benzene rings is 1. The summed E-state index contributed by atoms with van der Waals surface area (Å²) in [6, 6.07) is 6.04. The Hall–Kier alpha value is -2.32. The van der Waals surface area contributed by atoms with Crippen molar-refractivity contribution in [1.82, 2.24) is 14.5 Å². The number of carboxylic acids is 1. The summed E-state index contributed by atoms with van der Waals surface area (Å²) < 4.78 is 41.1. The molecule has 0 radical (unpaired) electrons. The van der Waals surface area contributed by atoms with Crippen molar-refractivity contribution in [3.63, 3.8) is 0 Å². The summed E-state index contributed by atoms with van der Waals surface area (Å²) in [5.74, 6) is -4.63. The van der Waals surface area contributed by atoms with Gasteiger partial charge in [-0.15, -0.1) is 0 Å². The topological polar surface area (TPSA) is 68.0 Å². The molecule has 0 aliphatic rings. The summed E-state index contributed by atoms with van der Waals surface area (Å²) in [5.41, 5.74) is -0.105. The summed E-state index contributed by atoms with van der Waals surface area (Å²) >= 11 is 11.8. The second kappa shape index (κ2) is 6.20. The molecule has 3 rings (SSSR count). The number of para-hydroxylation sites is 1. The molecule has 0 fully saturated rings. The summed E-state index contributed by atoms with van der Waals surface area (Å²) in [4.78, 5) is 18.9. The lowest BCUT2D eigenvalue weighted by molar-refractivity contribution is -0.176. The molecule has 0 saturated heterocycles. The van der Waals surface area contributed by atoms with Crippen molar-refractivity contribution in [3.8, 4) is 5.82 Å². The van der Waals surface area contributed by atoms with Crippen molar-refractivity contribution in [1.29, 1.82) is 0 Å². The van der Waals surface area contributed by atoms with Gasteiger partial charge in [0.2, 0.25) is 5.28 Å². The van der Waals surface area contributed by atoms with Gasteiger partial charge in [-0.25, -0.2) is 4.98 Å². The number of aliphatic carboxylic acids is 1. The fraction of sp³-hybridized carbons (Fsp3) is 0.133. The Morgan fingerprint density at radius 1 is 1.24 bits per heavy atom. The first-order valence-electron chi connectivity index (χ1n) is 6.78. The second-order valence-electron chi connectivity index (χ2n) is 5.10. The van der Waals surface area contributed by atoms with Gasteiger partial charge in [-0.1, -0.05) is 29.8 Å². The fourth-order valence-corrected chi connectivity index (χ4v) is 2.88. The molecular weight excluding hydrogens is 382 g/mol. The van der Waals surface area contributed by atoms with Crippen LogP contribution in [0.4, 0.5) is 13.2 Å².